The van der Waals surface area contributed by atoms with Crippen molar-refractivity contribution in [3.8, 4) is 0 Å². The summed E-state index contributed by atoms with van der Waals surface area (Å²) in [5.74, 6) is -0.760. The van der Waals surface area contributed by atoms with Crippen molar-refractivity contribution < 1.29 is 14.7 Å². The summed E-state index contributed by atoms with van der Waals surface area (Å²) in [6.07, 6.45) is 8.69. The van der Waals surface area contributed by atoms with Gasteiger partial charge < -0.3 is 14.5 Å². The van der Waals surface area contributed by atoms with Crippen LogP contribution in [0.1, 0.15) is 42.9 Å². The van der Waals surface area contributed by atoms with Crippen molar-refractivity contribution in [2.24, 2.45) is 5.16 Å². The van der Waals surface area contributed by atoms with Crippen molar-refractivity contribution in [3.05, 3.63) is 90.5 Å². The molecular formula is C24H27N3O3. The summed E-state index contributed by atoms with van der Waals surface area (Å²) in [6, 6.07) is 20.3. The van der Waals surface area contributed by atoms with E-state index in [1.807, 2.05) is 54.7 Å². The number of unbranched alkanes of at least 4 members (excludes halogenated alkanes) is 2. The monoisotopic (exact) mass is 405 g/mol. The molecule has 0 saturated heterocycles. The number of hydrogen-bond acceptors (Lipinski definition) is 4. The van der Waals surface area contributed by atoms with Gasteiger partial charge in [-0.15, -0.1) is 0 Å². The maximum absolute atomic E-state index is 10.6. The van der Waals surface area contributed by atoms with E-state index in [1.54, 1.807) is 12.5 Å². The number of oxime groups is 1. The largest absolute Gasteiger partial charge is 0.481 e. The third-order valence-electron chi connectivity index (χ3n) is 4.83. The molecule has 0 radical (unpaired) electrons. The van der Waals surface area contributed by atoms with E-state index in [0.717, 1.165) is 30.5 Å². The zero-order chi connectivity index (χ0) is 21.0. The molecule has 1 atom stereocenters. The average Bonchev–Trinajstić information content (AvgIpc) is 3.30. The Hall–Kier alpha value is -3.41. The summed E-state index contributed by atoms with van der Waals surface area (Å²) in [7, 11) is 0. The van der Waals surface area contributed by atoms with Crippen LogP contribution in [0.5, 0.6) is 0 Å². The van der Waals surface area contributed by atoms with Crippen LogP contribution in [-0.4, -0.2) is 32.9 Å². The fourth-order valence-electron chi connectivity index (χ4n) is 3.28. The van der Waals surface area contributed by atoms with Crippen LogP contribution in [0.15, 0.2) is 84.5 Å². The van der Waals surface area contributed by atoms with Gasteiger partial charge in [-0.25, -0.2) is 4.98 Å². The predicted octanol–water partition coefficient (Wildman–Crippen LogP) is 4.73. The summed E-state index contributed by atoms with van der Waals surface area (Å²) in [5.41, 5.74) is 3.04. The number of carboxylic acids is 1. The van der Waals surface area contributed by atoms with E-state index in [4.69, 9.17) is 9.94 Å². The fraction of sp³-hybridized carbons (Fsp3) is 0.292. The number of aliphatic carboxylic acids is 1. The molecule has 1 unspecified atom stereocenters. The molecule has 6 heteroatoms. The van der Waals surface area contributed by atoms with E-state index < -0.39 is 5.97 Å². The molecule has 1 heterocycles. The molecule has 1 N–H and O–H groups in total. The third kappa shape index (κ3) is 6.58. The highest BCUT2D eigenvalue weighted by Crippen LogP contribution is 2.21. The van der Waals surface area contributed by atoms with Gasteiger partial charge in [0.25, 0.3) is 0 Å². The lowest BCUT2D eigenvalue weighted by atomic mass is 9.96. The maximum Gasteiger partial charge on any atom is 0.303 e. The SMILES string of the molecule is O=C(O)CCCCCO/N=C(\c1ccccc1)C(Cc1ccccc1)n1ccnc1. The molecule has 0 aliphatic rings. The van der Waals surface area contributed by atoms with Crippen LogP contribution >= 0.6 is 0 Å². The minimum Gasteiger partial charge on any atom is -0.481 e. The molecule has 0 bridgehead atoms. The lowest BCUT2D eigenvalue weighted by Gasteiger charge is -2.21. The summed E-state index contributed by atoms with van der Waals surface area (Å²) >= 11 is 0. The molecule has 6 nitrogen and oxygen atoms in total. The van der Waals surface area contributed by atoms with Crippen LogP contribution < -0.4 is 0 Å². The van der Waals surface area contributed by atoms with E-state index in [9.17, 15) is 4.79 Å². The first-order valence-electron chi connectivity index (χ1n) is 10.2. The molecule has 3 aromatic rings. The number of rotatable bonds is 12. The Morgan fingerprint density at radius 3 is 2.43 bits per heavy atom. The van der Waals surface area contributed by atoms with Gasteiger partial charge in [-0.3, -0.25) is 4.79 Å². The second kappa shape index (κ2) is 11.6. The normalized spacial score (nSPS) is 12.5. The Labute approximate surface area is 176 Å². The van der Waals surface area contributed by atoms with Crippen molar-refractivity contribution in [1.82, 2.24) is 9.55 Å². The van der Waals surface area contributed by atoms with E-state index >= 15 is 0 Å². The molecular weight excluding hydrogens is 378 g/mol. The molecule has 0 amide bonds. The quantitative estimate of drug-likeness (QED) is 0.268. The van der Waals surface area contributed by atoms with Crippen LogP contribution in [-0.2, 0) is 16.1 Å². The van der Waals surface area contributed by atoms with Gasteiger partial charge in [0.05, 0.1) is 12.4 Å². The lowest BCUT2D eigenvalue weighted by Crippen LogP contribution is -2.22. The zero-order valence-electron chi connectivity index (χ0n) is 16.9. The molecule has 156 valence electrons. The number of imidazole rings is 1. The lowest BCUT2D eigenvalue weighted by molar-refractivity contribution is -0.137. The minimum atomic E-state index is -0.760. The second-order valence-corrected chi connectivity index (χ2v) is 7.10. The zero-order valence-corrected chi connectivity index (χ0v) is 16.9. The average molecular weight is 405 g/mol. The van der Waals surface area contributed by atoms with Crippen LogP contribution in [0.3, 0.4) is 0 Å². The summed E-state index contributed by atoms with van der Waals surface area (Å²) in [6.45, 7) is 0.456. The highest BCUT2D eigenvalue weighted by atomic mass is 16.6. The van der Waals surface area contributed by atoms with Crippen LogP contribution in [0, 0.1) is 0 Å². The molecule has 0 aliphatic heterocycles. The van der Waals surface area contributed by atoms with Gasteiger partial charge in [0.15, 0.2) is 0 Å². The Bertz CT molecular complexity index is 909. The van der Waals surface area contributed by atoms with Gasteiger partial charge in [-0.2, -0.15) is 0 Å². The highest BCUT2D eigenvalue weighted by Gasteiger charge is 2.21. The molecule has 2 aromatic carbocycles. The van der Waals surface area contributed by atoms with Crippen molar-refractivity contribution in [2.45, 2.75) is 38.1 Å². The Morgan fingerprint density at radius 2 is 1.77 bits per heavy atom. The molecule has 0 fully saturated rings. The van der Waals surface area contributed by atoms with E-state index in [1.165, 1.54) is 5.56 Å². The van der Waals surface area contributed by atoms with Crippen molar-refractivity contribution in [1.29, 1.82) is 0 Å². The predicted molar refractivity (Wildman–Crippen MR) is 116 cm³/mol. The van der Waals surface area contributed by atoms with Crippen LogP contribution in [0.2, 0.25) is 0 Å². The Morgan fingerprint density at radius 1 is 1.03 bits per heavy atom. The van der Waals surface area contributed by atoms with Crippen LogP contribution in [0.4, 0.5) is 0 Å². The molecule has 0 saturated carbocycles. The number of carbonyl (C=O) groups is 1. The second-order valence-electron chi connectivity index (χ2n) is 7.10. The third-order valence-corrected chi connectivity index (χ3v) is 4.83. The summed E-state index contributed by atoms with van der Waals surface area (Å²) < 4.78 is 2.05. The maximum atomic E-state index is 10.6. The number of hydrogen-bond donors (Lipinski definition) is 1. The standard InChI is InChI=1S/C24H27N3O3/c28-23(29)14-8-3-9-17-30-26-24(21-12-6-2-7-13-21)22(27-16-15-25-19-27)18-20-10-4-1-5-11-20/h1-2,4-7,10-13,15-16,19,22H,3,8-9,14,17-18H2,(H,28,29)/b26-24+. The number of aromatic nitrogens is 2. The number of carboxylic acid groups (broad SMARTS) is 1. The topological polar surface area (TPSA) is 76.7 Å². The minimum absolute atomic E-state index is 0.0655. The number of benzene rings is 2. The van der Waals surface area contributed by atoms with E-state index in [-0.39, 0.29) is 12.5 Å². The van der Waals surface area contributed by atoms with Gasteiger partial charge in [0.1, 0.15) is 12.3 Å². The highest BCUT2D eigenvalue weighted by molar-refractivity contribution is 6.03. The van der Waals surface area contributed by atoms with E-state index in [2.05, 4.69) is 26.8 Å². The summed E-state index contributed by atoms with van der Waals surface area (Å²) in [4.78, 5) is 20.5. The Kier molecular flexibility index (Phi) is 8.21. The van der Waals surface area contributed by atoms with Gasteiger partial charge >= 0.3 is 5.97 Å². The van der Waals surface area contributed by atoms with Crippen molar-refractivity contribution in [3.63, 3.8) is 0 Å². The molecule has 30 heavy (non-hydrogen) atoms. The molecule has 0 spiro atoms. The van der Waals surface area contributed by atoms with Gasteiger partial charge in [-0.05, 0) is 31.2 Å². The first-order valence-corrected chi connectivity index (χ1v) is 10.2. The smallest absolute Gasteiger partial charge is 0.303 e. The van der Waals surface area contributed by atoms with Crippen molar-refractivity contribution >= 4 is 11.7 Å². The summed E-state index contributed by atoms with van der Waals surface area (Å²) in [5, 5.41) is 13.3. The van der Waals surface area contributed by atoms with Gasteiger partial charge in [0.2, 0.25) is 0 Å². The Balaban J connectivity index is 1.77. The molecule has 0 aliphatic carbocycles. The van der Waals surface area contributed by atoms with Crippen LogP contribution in [0.25, 0.3) is 0 Å². The molecule has 1 aromatic heterocycles. The molecule has 3 rings (SSSR count). The van der Waals surface area contributed by atoms with Gasteiger partial charge in [-0.1, -0.05) is 65.8 Å². The van der Waals surface area contributed by atoms with E-state index in [0.29, 0.717) is 13.0 Å². The fourth-order valence-corrected chi connectivity index (χ4v) is 3.28. The van der Waals surface area contributed by atoms with Gasteiger partial charge in [0, 0.05) is 24.4 Å². The van der Waals surface area contributed by atoms with Crippen molar-refractivity contribution in [2.75, 3.05) is 6.61 Å². The first-order chi connectivity index (χ1) is 14.7. The number of nitrogens with zero attached hydrogens (tertiary/aromatic N) is 3. The first kappa shape index (κ1) is 21.3.